The van der Waals surface area contributed by atoms with E-state index >= 15 is 0 Å². The molecule has 1 heterocycles. The highest BCUT2D eigenvalue weighted by Crippen LogP contribution is 2.34. The largest absolute Gasteiger partial charge is 0.338 e. The van der Waals surface area contributed by atoms with E-state index in [4.69, 9.17) is 0 Å². The van der Waals surface area contributed by atoms with Crippen LogP contribution in [0.3, 0.4) is 0 Å². The van der Waals surface area contributed by atoms with E-state index in [0.717, 1.165) is 18.6 Å². The van der Waals surface area contributed by atoms with Crippen LogP contribution in [0.5, 0.6) is 0 Å². The molecule has 0 bridgehead atoms. The van der Waals surface area contributed by atoms with Gasteiger partial charge < -0.3 is 4.90 Å². The molecule has 2 rings (SSSR count). The Morgan fingerprint density at radius 2 is 2.10 bits per heavy atom. The van der Waals surface area contributed by atoms with Gasteiger partial charge in [0.15, 0.2) is 0 Å². The number of rotatable bonds is 2. The Labute approximate surface area is 122 Å². The molecule has 0 radical (unpaired) electrons. The van der Waals surface area contributed by atoms with Crippen LogP contribution in [0.1, 0.15) is 37.6 Å². The summed E-state index contributed by atoms with van der Waals surface area (Å²) in [6, 6.07) is 3.29. The van der Waals surface area contributed by atoms with Crippen molar-refractivity contribution in [3.63, 3.8) is 0 Å². The van der Waals surface area contributed by atoms with E-state index in [1.165, 1.54) is 6.07 Å². The maximum atomic E-state index is 13.3. The maximum Gasteiger partial charge on any atom is 0.305 e. The lowest BCUT2D eigenvalue weighted by Gasteiger charge is -2.27. The Kier molecular flexibility index (Phi) is 3.98. The summed E-state index contributed by atoms with van der Waals surface area (Å²) in [7, 11) is 0. The second-order valence-electron chi connectivity index (χ2n) is 6.53. The van der Waals surface area contributed by atoms with Crippen LogP contribution >= 0.6 is 0 Å². The van der Waals surface area contributed by atoms with Crippen LogP contribution in [0.2, 0.25) is 0 Å². The monoisotopic (exact) mass is 294 g/mol. The minimum absolute atomic E-state index is 0.115. The summed E-state index contributed by atoms with van der Waals surface area (Å²) in [5.74, 6) is -0.799. The van der Waals surface area contributed by atoms with Crippen LogP contribution in [0, 0.1) is 27.3 Å². The molecule has 0 aromatic heterocycles. The predicted molar refractivity (Wildman–Crippen MR) is 76.5 cm³/mol. The minimum atomic E-state index is -0.925. The van der Waals surface area contributed by atoms with Crippen molar-refractivity contribution in [1.29, 1.82) is 0 Å². The molecule has 114 valence electrons. The first-order valence-electron chi connectivity index (χ1n) is 6.93. The third-order valence-corrected chi connectivity index (χ3v) is 4.09. The van der Waals surface area contributed by atoms with Crippen LogP contribution in [0.25, 0.3) is 0 Å². The number of carbonyl (C=O) groups is 1. The van der Waals surface area contributed by atoms with Gasteiger partial charge in [-0.3, -0.25) is 14.9 Å². The van der Waals surface area contributed by atoms with E-state index in [2.05, 4.69) is 20.8 Å². The molecule has 1 aliphatic rings. The third kappa shape index (κ3) is 3.20. The molecule has 0 saturated carbocycles. The van der Waals surface area contributed by atoms with Crippen LogP contribution in [-0.4, -0.2) is 28.8 Å². The van der Waals surface area contributed by atoms with Gasteiger partial charge in [0, 0.05) is 24.7 Å². The molecule has 1 amide bonds. The zero-order valence-corrected chi connectivity index (χ0v) is 12.4. The highest BCUT2D eigenvalue weighted by molar-refractivity contribution is 5.95. The molecule has 1 aromatic rings. The number of nitrogens with zero attached hydrogens (tertiary/aromatic N) is 2. The fourth-order valence-electron chi connectivity index (χ4n) is 2.62. The summed E-state index contributed by atoms with van der Waals surface area (Å²) in [6.45, 7) is 7.66. The van der Waals surface area contributed by atoms with Gasteiger partial charge in [0.2, 0.25) is 5.82 Å². The number of hydrogen-bond donors (Lipinski definition) is 0. The zero-order chi connectivity index (χ0) is 15.8. The average molecular weight is 294 g/mol. The van der Waals surface area contributed by atoms with E-state index in [0.29, 0.717) is 19.0 Å². The normalized spacial score (nSPS) is 18.9. The summed E-state index contributed by atoms with van der Waals surface area (Å²) in [6.07, 6.45) is 0.915. The van der Waals surface area contributed by atoms with Gasteiger partial charge >= 0.3 is 5.69 Å². The standard InChI is InChI=1S/C15H19FN2O3/c1-15(2,3)11-6-7-17(9-11)14(19)10-4-5-12(16)13(8-10)18(20)21/h4-5,8,11H,6-7,9H2,1-3H3. The van der Waals surface area contributed by atoms with Gasteiger partial charge in [0.1, 0.15) is 0 Å². The second-order valence-corrected chi connectivity index (χ2v) is 6.53. The first-order valence-corrected chi connectivity index (χ1v) is 6.93. The molecule has 1 aromatic carbocycles. The first-order chi connectivity index (χ1) is 9.70. The molecule has 0 aliphatic carbocycles. The Morgan fingerprint density at radius 1 is 1.43 bits per heavy atom. The number of hydrogen-bond acceptors (Lipinski definition) is 3. The summed E-state index contributed by atoms with van der Waals surface area (Å²) in [5.41, 5.74) is -0.380. The average Bonchev–Trinajstić information content (AvgIpc) is 2.87. The van der Waals surface area contributed by atoms with Crippen molar-refractivity contribution in [3.05, 3.63) is 39.7 Å². The number of carbonyl (C=O) groups excluding carboxylic acids is 1. The van der Waals surface area contributed by atoms with Crippen LogP contribution < -0.4 is 0 Å². The first kappa shape index (κ1) is 15.4. The van der Waals surface area contributed by atoms with Gasteiger partial charge in [-0.2, -0.15) is 4.39 Å². The lowest BCUT2D eigenvalue weighted by Crippen LogP contribution is -2.31. The topological polar surface area (TPSA) is 63.5 Å². The molecule has 5 nitrogen and oxygen atoms in total. The van der Waals surface area contributed by atoms with Crippen molar-refractivity contribution >= 4 is 11.6 Å². The Hall–Kier alpha value is -1.98. The highest BCUT2D eigenvalue weighted by Gasteiger charge is 2.34. The Morgan fingerprint density at radius 3 is 2.62 bits per heavy atom. The molecule has 1 fully saturated rings. The lowest BCUT2D eigenvalue weighted by atomic mass is 9.80. The molecular formula is C15H19FN2O3. The van der Waals surface area contributed by atoms with Gasteiger partial charge in [-0.1, -0.05) is 20.8 Å². The molecule has 1 aliphatic heterocycles. The molecule has 1 unspecified atom stereocenters. The van der Waals surface area contributed by atoms with Gasteiger partial charge in [-0.15, -0.1) is 0 Å². The number of nitro groups is 1. The molecule has 1 saturated heterocycles. The number of likely N-dealkylation sites (tertiary alicyclic amines) is 1. The Bertz CT molecular complexity index is 581. The second kappa shape index (κ2) is 5.42. The van der Waals surface area contributed by atoms with Crippen molar-refractivity contribution < 1.29 is 14.1 Å². The number of amides is 1. The van der Waals surface area contributed by atoms with E-state index in [1.807, 2.05) is 0 Å². The predicted octanol–water partition coefficient (Wildman–Crippen LogP) is 3.24. The fraction of sp³-hybridized carbons (Fsp3) is 0.533. The van der Waals surface area contributed by atoms with Gasteiger partial charge in [-0.25, -0.2) is 0 Å². The van der Waals surface area contributed by atoms with Gasteiger partial charge in [0.25, 0.3) is 5.91 Å². The summed E-state index contributed by atoms with van der Waals surface area (Å²) < 4.78 is 13.3. The van der Waals surface area contributed by atoms with Crippen LogP contribution in [0.4, 0.5) is 10.1 Å². The van der Waals surface area contributed by atoms with Crippen molar-refractivity contribution in [2.45, 2.75) is 27.2 Å². The van der Waals surface area contributed by atoms with Crippen molar-refractivity contribution in [1.82, 2.24) is 4.90 Å². The maximum absolute atomic E-state index is 13.3. The Balaban J connectivity index is 2.18. The van der Waals surface area contributed by atoms with Crippen molar-refractivity contribution in [2.75, 3.05) is 13.1 Å². The number of nitro benzene ring substituents is 1. The zero-order valence-electron chi connectivity index (χ0n) is 12.4. The van der Waals surface area contributed by atoms with Gasteiger partial charge in [-0.05, 0) is 29.9 Å². The fourth-order valence-corrected chi connectivity index (χ4v) is 2.62. The molecule has 0 N–H and O–H groups in total. The quantitative estimate of drug-likeness (QED) is 0.621. The van der Waals surface area contributed by atoms with Crippen molar-refractivity contribution in [2.24, 2.45) is 11.3 Å². The van der Waals surface area contributed by atoms with Crippen LogP contribution in [0.15, 0.2) is 18.2 Å². The minimum Gasteiger partial charge on any atom is -0.338 e. The van der Waals surface area contributed by atoms with E-state index in [-0.39, 0.29) is 16.9 Å². The smallest absolute Gasteiger partial charge is 0.305 e. The van der Waals surface area contributed by atoms with E-state index in [1.54, 1.807) is 4.90 Å². The van der Waals surface area contributed by atoms with Crippen LogP contribution in [-0.2, 0) is 0 Å². The molecule has 21 heavy (non-hydrogen) atoms. The van der Waals surface area contributed by atoms with E-state index < -0.39 is 16.4 Å². The molecular weight excluding hydrogens is 275 g/mol. The summed E-state index contributed by atoms with van der Waals surface area (Å²) in [4.78, 5) is 24.0. The summed E-state index contributed by atoms with van der Waals surface area (Å²) in [5, 5.41) is 10.7. The van der Waals surface area contributed by atoms with Gasteiger partial charge in [0.05, 0.1) is 4.92 Å². The number of halogens is 1. The van der Waals surface area contributed by atoms with E-state index in [9.17, 15) is 19.3 Å². The SMILES string of the molecule is CC(C)(C)C1CCN(C(=O)c2ccc(F)c([N+](=O)[O-])c2)C1. The molecule has 1 atom stereocenters. The van der Waals surface area contributed by atoms with Crippen molar-refractivity contribution in [3.8, 4) is 0 Å². The third-order valence-electron chi connectivity index (χ3n) is 4.09. The molecule has 6 heteroatoms. The molecule has 0 spiro atoms. The lowest BCUT2D eigenvalue weighted by molar-refractivity contribution is -0.387. The summed E-state index contributed by atoms with van der Waals surface area (Å²) >= 11 is 0. The number of benzene rings is 1. The highest BCUT2D eigenvalue weighted by atomic mass is 19.1.